The van der Waals surface area contributed by atoms with Crippen molar-refractivity contribution in [1.29, 1.82) is 0 Å². The largest absolute Gasteiger partial charge is 0.456 e. The molecule has 0 spiro atoms. The van der Waals surface area contributed by atoms with Crippen molar-refractivity contribution < 1.29 is 24.6 Å². The van der Waals surface area contributed by atoms with Gasteiger partial charge in [-0.1, -0.05) is 25.5 Å². The quantitative estimate of drug-likeness (QED) is 0.445. The van der Waals surface area contributed by atoms with Crippen molar-refractivity contribution >= 4 is 29.2 Å². The summed E-state index contributed by atoms with van der Waals surface area (Å²) in [5.41, 5.74) is 1.50. The molecule has 0 saturated carbocycles. The third-order valence-corrected chi connectivity index (χ3v) is 7.53. The summed E-state index contributed by atoms with van der Waals surface area (Å²) in [7, 11) is 0. The standard InChI is InChI=1S/C26H40N2O5S/c1-16-9-8-10-17(2)24(30)19(4)25(31)26(6,7)28(32)14-23(29)33-22(12-11-16)18(3)13-21-15-34-20(5)27-21/h11,13,15,17,19,22,24,30,32H,8-10,12,14H2,1-7H3/b16-11-,18-13+. The molecule has 7 nitrogen and oxygen atoms in total. The number of carbonyl (C=O) groups is 2. The molecule has 0 fully saturated rings. The Morgan fingerprint density at radius 2 is 1.97 bits per heavy atom. The Bertz CT molecular complexity index is 920. The number of esters is 1. The third-order valence-electron chi connectivity index (χ3n) is 6.74. The number of thiazole rings is 1. The second-order valence-electron chi connectivity index (χ2n) is 10.1. The molecule has 1 aromatic heterocycles. The number of aromatic nitrogens is 1. The van der Waals surface area contributed by atoms with Crippen molar-refractivity contribution in [1.82, 2.24) is 10.0 Å². The maximum Gasteiger partial charge on any atom is 0.323 e. The topological polar surface area (TPSA) is 100.0 Å². The van der Waals surface area contributed by atoms with Gasteiger partial charge in [0.25, 0.3) is 0 Å². The number of hydrogen-bond donors (Lipinski definition) is 2. The molecule has 2 rings (SSSR count). The van der Waals surface area contributed by atoms with Gasteiger partial charge in [0.2, 0.25) is 0 Å². The van der Waals surface area contributed by atoms with Crippen molar-refractivity contribution in [2.24, 2.45) is 11.8 Å². The molecule has 0 saturated heterocycles. The molecule has 1 aliphatic heterocycles. The Hall–Kier alpha value is -1.87. The highest BCUT2D eigenvalue weighted by molar-refractivity contribution is 7.09. The van der Waals surface area contributed by atoms with E-state index in [2.05, 4.69) is 18.0 Å². The molecule has 0 aliphatic carbocycles. The summed E-state index contributed by atoms with van der Waals surface area (Å²) < 4.78 is 5.77. The summed E-state index contributed by atoms with van der Waals surface area (Å²) in [5.74, 6) is -1.70. The van der Waals surface area contributed by atoms with E-state index >= 15 is 0 Å². The summed E-state index contributed by atoms with van der Waals surface area (Å²) in [5, 5.41) is 25.0. The van der Waals surface area contributed by atoms with Crippen LogP contribution in [0.15, 0.2) is 22.6 Å². The third kappa shape index (κ3) is 7.57. The molecule has 8 heteroatoms. The fraction of sp³-hybridized carbons (Fsp3) is 0.654. The Morgan fingerprint density at radius 3 is 2.59 bits per heavy atom. The number of rotatable bonds is 2. The Labute approximate surface area is 207 Å². The summed E-state index contributed by atoms with van der Waals surface area (Å²) in [6, 6.07) is 0. The lowest BCUT2D eigenvalue weighted by atomic mass is 9.81. The van der Waals surface area contributed by atoms with Crippen LogP contribution < -0.4 is 0 Å². The zero-order chi connectivity index (χ0) is 25.6. The number of hydrogen-bond acceptors (Lipinski definition) is 8. The minimum absolute atomic E-state index is 0.0629. The normalized spacial score (nSPS) is 30.5. The van der Waals surface area contributed by atoms with Gasteiger partial charge in [-0.3, -0.25) is 9.59 Å². The van der Waals surface area contributed by atoms with Crippen LogP contribution in [0, 0.1) is 18.8 Å². The first-order valence-electron chi connectivity index (χ1n) is 12.0. The predicted molar refractivity (Wildman–Crippen MR) is 135 cm³/mol. The lowest BCUT2D eigenvalue weighted by Gasteiger charge is -2.36. The lowest BCUT2D eigenvalue weighted by Crippen LogP contribution is -2.54. The smallest absolute Gasteiger partial charge is 0.323 e. The Balaban J connectivity index is 2.33. The number of aryl methyl sites for hydroxylation is 1. The van der Waals surface area contributed by atoms with Crippen molar-refractivity contribution in [2.45, 2.75) is 91.9 Å². The zero-order valence-electron chi connectivity index (χ0n) is 21.5. The van der Waals surface area contributed by atoms with E-state index in [1.54, 1.807) is 32.1 Å². The highest BCUT2D eigenvalue weighted by atomic mass is 32.1. The zero-order valence-corrected chi connectivity index (χ0v) is 22.3. The number of Topliss-reactive ketones (excluding diaryl/α,β-unsaturated/α-hetero) is 1. The van der Waals surface area contributed by atoms with Crippen LogP contribution in [0.25, 0.3) is 6.08 Å². The van der Waals surface area contributed by atoms with E-state index in [-0.39, 0.29) is 11.7 Å². The highest BCUT2D eigenvalue weighted by Crippen LogP contribution is 2.27. The average molecular weight is 493 g/mol. The molecule has 1 aromatic rings. The minimum Gasteiger partial charge on any atom is -0.456 e. The molecule has 4 atom stereocenters. The van der Waals surface area contributed by atoms with Crippen LogP contribution in [-0.2, 0) is 14.3 Å². The van der Waals surface area contributed by atoms with Crippen LogP contribution >= 0.6 is 11.3 Å². The number of carbonyl (C=O) groups excluding carboxylic acids is 2. The first-order valence-corrected chi connectivity index (χ1v) is 12.8. The fourth-order valence-electron chi connectivity index (χ4n) is 4.23. The van der Waals surface area contributed by atoms with E-state index in [9.17, 15) is 19.9 Å². The molecule has 0 bridgehead atoms. The van der Waals surface area contributed by atoms with E-state index < -0.39 is 36.2 Å². The molecule has 2 heterocycles. The van der Waals surface area contributed by atoms with Crippen LogP contribution in [0.3, 0.4) is 0 Å². The monoisotopic (exact) mass is 492 g/mol. The Kier molecular flexibility index (Phi) is 10.2. The van der Waals surface area contributed by atoms with Crippen molar-refractivity contribution in [3.8, 4) is 0 Å². The Morgan fingerprint density at radius 1 is 1.29 bits per heavy atom. The van der Waals surface area contributed by atoms with E-state index in [1.165, 1.54) is 5.57 Å². The number of aliphatic hydroxyl groups excluding tert-OH is 1. The predicted octanol–water partition coefficient (Wildman–Crippen LogP) is 4.96. The molecule has 0 amide bonds. The van der Waals surface area contributed by atoms with Gasteiger partial charge in [0, 0.05) is 17.7 Å². The summed E-state index contributed by atoms with van der Waals surface area (Å²) in [6.07, 6.45) is 5.71. The number of hydroxylamine groups is 2. The van der Waals surface area contributed by atoms with Gasteiger partial charge < -0.3 is 15.1 Å². The van der Waals surface area contributed by atoms with Crippen LogP contribution in [0.1, 0.15) is 77.9 Å². The minimum atomic E-state index is -1.36. The van der Waals surface area contributed by atoms with Crippen LogP contribution in [-0.4, -0.2) is 56.4 Å². The van der Waals surface area contributed by atoms with Gasteiger partial charge in [0.15, 0.2) is 5.78 Å². The number of allylic oxidation sites excluding steroid dienone is 1. The van der Waals surface area contributed by atoms with Crippen molar-refractivity contribution in [2.75, 3.05) is 6.54 Å². The summed E-state index contributed by atoms with van der Waals surface area (Å²) in [6.45, 7) is 12.2. The van der Waals surface area contributed by atoms with E-state index in [0.29, 0.717) is 6.42 Å². The number of nitrogens with zero attached hydrogens (tertiary/aromatic N) is 2. The number of cyclic esters (lactones) is 1. The molecule has 0 aromatic carbocycles. The molecule has 190 valence electrons. The molecule has 2 N–H and O–H groups in total. The molecular formula is C26H40N2O5S. The van der Waals surface area contributed by atoms with Crippen LogP contribution in [0.5, 0.6) is 0 Å². The first-order chi connectivity index (χ1) is 15.8. The summed E-state index contributed by atoms with van der Waals surface area (Å²) >= 11 is 1.56. The van der Waals surface area contributed by atoms with Gasteiger partial charge >= 0.3 is 5.97 Å². The molecule has 1 aliphatic rings. The second kappa shape index (κ2) is 12.2. The van der Waals surface area contributed by atoms with Crippen molar-refractivity contribution in [3.63, 3.8) is 0 Å². The number of ether oxygens (including phenoxy) is 1. The average Bonchev–Trinajstić information content (AvgIpc) is 3.18. The number of aliphatic hydroxyl groups is 1. The van der Waals surface area contributed by atoms with Gasteiger partial charge in [-0.2, -0.15) is 5.06 Å². The second-order valence-corrected chi connectivity index (χ2v) is 11.1. The van der Waals surface area contributed by atoms with E-state index in [4.69, 9.17) is 4.74 Å². The SMILES string of the molecule is C/C1=C/CC(/C(C)=C/c2csc(C)n2)OC(=O)CN(O)C(C)(C)C(=O)C(C)C(O)C(C)CCC1. The van der Waals surface area contributed by atoms with Crippen LogP contribution in [0.4, 0.5) is 0 Å². The maximum atomic E-state index is 13.1. The van der Waals surface area contributed by atoms with Gasteiger partial charge in [-0.15, -0.1) is 11.3 Å². The summed E-state index contributed by atoms with van der Waals surface area (Å²) in [4.78, 5) is 30.4. The van der Waals surface area contributed by atoms with Gasteiger partial charge in [0.05, 0.1) is 22.3 Å². The van der Waals surface area contributed by atoms with Crippen LogP contribution in [0.2, 0.25) is 0 Å². The molecule has 34 heavy (non-hydrogen) atoms. The van der Waals surface area contributed by atoms with E-state index in [0.717, 1.165) is 40.6 Å². The number of ketones is 1. The lowest BCUT2D eigenvalue weighted by molar-refractivity contribution is -0.191. The van der Waals surface area contributed by atoms with E-state index in [1.807, 2.05) is 32.2 Å². The van der Waals surface area contributed by atoms with Crippen molar-refractivity contribution in [3.05, 3.63) is 33.3 Å². The van der Waals surface area contributed by atoms with Gasteiger partial charge in [-0.25, -0.2) is 4.98 Å². The molecular weight excluding hydrogens is 452 g/mol. The van der Waals surface area contributed by atoms with Gasteiger partial charge in [-0.05, 0) is 71.4 Å². The first kappa shape index (κ1) is 28.4. The van der Waals surface area contributed by atoms with Gasteiger partial charge in [0.1, 0.15) is 12.6 Å². The highest BCUT2D eigenvalue weighted by Gasteiger charge is 2.41. The fourth-order valence-corrected chi connectivity index (χ4v) is 4.80. The molecule has 0 radical (unpaired) electrons. The molecule has 4 unspecified atom stereocenters. The maximum absolute atomic E-state index is 13.1.